The highest BCUT2D eigenvalue weighted by molar-refractivity contribution is 5.86. The fourth-order valence-corrected chi connectivity index (χ4v) is 3.36. The molecule has 2 aromatic heterocycles. The van der Waals surface area contributed by atoms with Crippen LogP contribution in [0, 0.1) is 5.92 Å². The van der Waals surface area contributed by atoms with E-state index in [1.165, 1.54) is 25.7 Å². The Labute approximate surface area is 119 Å². The second-order valence-corrected chi connectivity index (χ2v) is 5.66. The SMILES string of the molecule is CN(c1ncnc2c1cnn2C)C1CCCCC1CN. The molecule has 0 amide bonds. The van der Waals surface area contributed by atoms with E-state index < -0.39 is 0 Å². The topological polar surface area (TPSA) is 72.9 Å². The van der Waals surface area contributed by atoms with Gasteiger partial charge in [0.2, 0.25) is 0 Å². The van der Waals surface area contributed by atoms with Crippen molar-refractivity contribution in [1.82, 2.24) is 19.7 Å². The Bertz CT molecular complexity index is 592. The lowest BCUT2D eigenvalue weighted by molar-refractivity contribution is 0.306. The molecular weight excluding hydrogens is 252 g/mol. The van der Waals surface area contributed by atoms with Crippen molar-refractivity contribution in [2.75, 3.05) is 18.5 Å². The standard InChI is InChI=1S/C14H22N6/c1-19(12-6-4-3-5-10(12)7-15)13-11-8-18-20(2)14(11)17-9-16-13/h8-10,12H,3-7,15H2,1-2H3. The Morgan fingerprint density at radius 3 is 2.95 bits per heavy atom. The maximum atomic E-state index is 5.95. The summed E-state index contributed by atoms with van der Waals surface area (Å²) in [4.78, 5) is 11.1. The molecule has 0 aromatic carbocycles. The minimum Gasteiger partial charge on any atom is -0.356 e. The molecule has 108 valence electrons. The molecule has 1 aliphatic rings. The van der Waals surface area contributed by atoms with Crippen LogP contribution in [-0.4, -0.2) is 39.4 Å². The molecule has 6 heteroatoms. The molecule has 6 nitrogen and oxygen atoms in total. The third-order valence-electron chi connectivity index (χ3n) is 4.51. The summed E-state index contributed by atoms with van der Waals surface area (Å²) in [5.74, 6) is 1.52. The summed E-state index contributed by atoms with van der Waals surface area (Å²) in [7, 11) is 4.02. The second-order valence-electron chi connectivity index (χ2n) is 5.66. The number of anilines is 1. The molecule has 20 heavy (non-hydrogen) atoms. The van der Waals surface area contributed by atoms with E-state index in [0.717, 1.165) is 23.4 Å². The summed E-state index contributed by atoms with van der Waals surface area (Å²) in [5.41, 5.74) is 6.83. The average molecular weight is 274 g/mol. The van der Waals surface area contributed by atoms with Gasteiger partial charge in [-0.1, -0.05) is 12.8 Å². The summed E-state index contributed by atoms with van der Waals surface area (Å²) in [6.07, 6.45) is 8.43. The molecule has 2 aromatic rings. The van der Waals surface area contributed by atoms with Gasteiger partial charge in [0.1, 0.15) is 12.1 Å². The molecule has 1 fully saturated rings. The quantitative estimate of drug-likeness (QED) is 0.913. The molecule has 1 saturated carbocycles. The fraction of sp³-hybridized carbons (Fsp3) is 0.643. The van der Waals surface area contributed by atoms with Crippen molar-refractivity contribution in [2.24, 2.45) is 18.7 Å². The summed E-state index contributed by atoms with van der Waals surface area (Å²) in [6, 6.07) is 0.465. The predicted octanol–water partition coefficient (Wildman–Crippen LogP) is 1.32. The van der Waals surface area contributed by atoms with Crippen molar-refractivity contribution in [1.29, 1.82) is 0 Å². The van der Waals surface area contributed by atoms with Crippen LogP contribution in [0.1, 0.15) is 25.7 Å². The summed E-state index contributed by atoms with van der Waals surface area (Å²) in [6.45, 7) is 0.746. The van der Waals surface area contributed by atoms with Crippen molar-refractivity contribution in [3.8, 4) is 0 Å². The van der Waals surface area contributed by atoms with Gasteiger partial charge in [-0.2, -0.15) is 5.10 Å². The molecule has 2 N–H and O–H groups in total. The van der Waals surface area contributed by atoms with Crippen LogP contribution in [0.2, 0.25) is 0 Å². The van der Waals surface area contributed by atoms with E-state index in [-0.39, 0.29) is 0 Å². The lowest BCUT2D eigenvalue weighted by atomic mass is 9.83. The van der Waals surface area contributed by atoms with E-state index in [1.54, 1.807) is 11.0 Å². The number of nitrogens with two attached hydrogens (primary N) is 1. The van der Waals surface area contributed by atoms with Crippen LogP contribution in [0.3, 0.4) is 0 Å². The van der Waals surface area contributed by atoms with Crippen molar-refractivity contribution in [2.45, 2.75) is 31.7 Å². The average Bonchev–Trinajstić information content (AvgIpc) is 2.88. The number of fused-ring (bicyclic) bond motifs is 1. The Balaban J connectivity index is 1.97. The van der Waals surface area contributed by atoms with Gasteiger partial charge in [0, 0.05) is 20.1 Å². The van der Waals surface area contributed by atoms with Crippen LogP contribution >= 0.6 is 0 Å². The van der Waals surface area contributed by atoms with Gasteiger partial charge in [-0.25, -0.2) is 9.97 Å². The first-order chi connectivity index (χ1) is 9.72. The number of hydrogen-bond donors (Lipinski definition) is 1. The second kappa shape index (κ2) is 5.36. The predicted molar refractivity (Wildman–Crippen MR) is 79.5 cm³/mol. The van der Waals surface area contributed by atoms with E-state index in [9.17, 15) is 0 Å². The first-order valence-corrected chi connectivity index (χ1v) is 7.28. The number of aromatic nitrogens is 4. The summed E-state index contributed by atoms with van der Waals surface area (Å²) < 4.78 is 1.79. The third-order valence-corrected chi connectivity index (χ3v) is 4.51. The Kier molecular flexibility index (Phi) is 3.56. The van der Waals surface area contributed by atoms with Crippen LogP contribution in [0.15, 0.2) is 12.5 Å². The lowest BCUT2D eigenvalue weighted by Crippen LogP contribution is -2.43. The van der Waals surface area contributed by atoms with Crippen LogP contribution in [0.25, 0.3) is 11.0 Å². The van der Waals surface area contributed by atoms with Crippen LogP contribution in [0.4, 0.5) is 5.82 Å². The zero-order valence-corrected chi connectivity index (χ0v) is 12.2. The van der Waals surface area contributed by atoms with E-state index in [2.05, 4.69) is 27.0 Å². The molecule has 2 heterocycles. The van der Waals surface area contributed by atoms with E-state index in [4.69, 9.17) is 5.73 Å². The lowest BCUT2D eigenvalue weighted by Gasteiger charge is -2.38. The fourth-order valence-electron chi connectivity index (χ4n) is 3.36. The summed E-state index contributed by atoms with van der Waals surface area (Å²) in [5, 5.41) is 5.30. The van der Waals surface area contributed by atoms with Gasteiger partial charge in [0.25, 0.3) is 0 Å². The first kappa shape index (κ1) is 13.3. The highest BCUT2D eigenvalue weighted by atomic mass is 15.3. The van der Waals surface area contributed by atoms with Gasteiger partial charge in [-0.05, 0) is 25.3 Å². The van der Waals surface area contributed by atoms with Crippen molar-refractivity contribution < 1.29 is 0 Å². The minimum absolute atomic E-state index is 0.465. The van der Waals surface area contributed by atoms with Gasteiger partial charge in [-0.15, -0.1) is 0 Å². The number of aryl methyl sites for hydroxylation is 1. The molecule has 0 aliphatic heterocycles. The monoisotopic (exact) mass is 274 g/mol. The molecule has 0 bridgehead atoms. The smallest absolute Gasteiger partial charge is 0.163 e. The highest BCUT2D eigenvalue weighted by Gasteiger charge is 2.29. The molecule has 1 aliphatic carbocycles. The number of rotatable bonds is 3. The molecular formula is C14H22N6. The van der Waals surface area contributed by atoms with Gasteiger partial charge in [0.15, 0.2) is 5.65 Å². The van der Waals surface area contributed by atoms with Gasteiger partial charge in [0.05, 0.1) is 11.6 Å². The van der Waals surface area contributed by atoms with Gasteiger partial charge < -0.3 is 10.6 Å². The Morgan fingerprint density at radius 2 is 2.15 bits per heavy atom. The molecule has 2 unspecified atom stereocenters. The normalized spacial score (nSPS) is 23.1. The van der Waals surface area contributed by atoms with Crippen LogP contribution < -0.4 is 10.6 Å². The largest absolute Gasteiger partial charge is 0.356 e. The van der Waals surface area contributed by atoms with Gasteiger partial charge in [-0.3, -0.25) is 4.68 Å². The number of nitrogens with zero attached hydrogens (tertiary/aromatic N) is 5. The van der Waals surface area contributed by atoms with Crippen molar-refractivity contribution in [3.05, 3.63) is 12.5 Å². The van der Waals surface area contributed by atoms with Crippen LogP contribution in [0.5, 0.6) is 0 Å². The summed E-state index contributed by atoms with van der Waals surface area (Å²) >= 11 is 0. The minimum atomic E-state index is 0.465. The highest BCUT2D eigenvalue weighted by Crippen LogP contribution is 2.31. The Hall–Kier alpha value is -1.69. The van der Waals surface area contributed by atoms with Crippen molar-refractivity contribution >= 4 is 16.9 Å². The maximum Gasteiger partial charge on any atom is 0.163 e. The van der Waals surface area contributed by atoms with Gasteiger partial charge >= 0.3 is 0 Å². The molecule has 2 atom stereocenters. The maximum absolute atomic E-state index is 5.95. The molecule has 0 saturated heterocycles. The van der Waals surface area contributed by atoms with Crippen LogP contribution in [-0.2, 0) is 7.05 Å². The zero-order chi connectivity index (χ0) is 14.1. The van der Waals surface area contributed by atoms with E-state index in [0.29, 0.717) is 12.0 Å². The zero-order valence-electron chi connectivity index (χ0n) is 12.2. The molecule has 0 spiro atoms. The van der Waals surface area contributed by atoms with E-state index in [1.807, 2.05) is 13.2 Å². The van der Waals surface area contributed by atoms with Crippen molar-refractivity contribution in [3.63, 3.8) is 0 Å². The third kappa shape index (κ3) is 2.14. The molecule has 0 radical (unpaired) electrons. The first-order valence-electron chi connectivity index (χ1n) is 7.28. The molecule has 3 rings (SSSR count). The van der Waals surface area contributed by atoms with E-state index >= 15 is 0 Å². The Morgan fingerprint density at radius 1 is 1.35 bits per heavy atom. The number of hydrogen-bond acceptors (Lipinski definition) is 5.